The Bertz CT molecular complexity index is 349. The van der Waals surface area contributed by atoms with Crippen LogP contribution in [0.15, 0.2) is 10.5 Å². The number of carboxylic acids is 1. The number of rotatable bonds is 3. The van der Waals surface area contributed by atoms with Gasteiger partial charge in [-0.3, -0.25) is 0 Å². The van der Waals surface area contributed by atoms with Gasteiger partial charge in [0.25, 0.3) is 0 Å². The molecule has 3 nitrogen and oxygen atoms in total. The van der Waals surface area contributed by atoms with Gasteiger partial charge < -0.3 is 9.84 Å². The van der Waals surface area contributed by atoms with Crippen molar-refractivity contribution < 1.29 is 14.6 Å². The summed E-state index contributed by atoms with van der Waals surface area (Å²) in [6.45, 7) is 3.29. The van der Waals surface area contributed by atoms with Crippen LogP contribution in [0.25, 0.3) is 0 Å². The molecule has 1 rings (SSSR count). The van der Waals surface area contributed by atoms with E-state index in [0.717, 1.165) is 10.0 Å². The number of halogens is 1. The van der Waals surface area contributed by atoms with E-state index >= 15 is 0 Å². The van der Waals surface area contributed by atoms with Gasteiger partial charge in [-0.15, -0.1) is 0 Å². The standard InChI is InChI=1S/C10H9BrO3/c1-6-5-8(11)3-4-9(6)14-7(2)10(12)13/h5,7H,1-2H3,(H,12,13)/t7-/m0/s1. The lowest BCUT2D eigenvalue weighted by molar-refractivity contribution is -0.144. The molecule has 0 bridgehead atoms. The van der Waals surface area contributed by atoms with Crippen LogP contribution in [0.4, 0.5) is 0 Å². The summed E-state index contributed by atoms with van der Waals surface area (Å²) in [5.74, 6) is -0.580. The SMILES string of the molecule is Cc1cc(Br)c#cc1O[C@@H](C)C(=O)O. The molecule has 0 heterocycles. The Hall–Kier alpha value is -1.21. The van der Waals surface area contributed by atoms with E-state index in [2.05, 4.69) is 28.1 Å². The van der Waals surface area contributed by atoms with Crippen molar-refractivity contribution in [1.29, 1.82) is 0 Å². The average molecular weight is 257 g/mol. The third kappa shape index (κ3) is 2.64. The molecule has 0 aliphatic carbocycles. The van der Waals surface area contributed by atoms with E-state index in [1.165, 1.54) is 6.92 Å². The van der Waals surface area contributed by atoms with E-state index in [1.54, 1.807) is 6.07 Å². The fourth-order valence-corrected chi connectivity index (χ4v) is 1.30. The van der Waals surface area contributed by atoms with E-state index < -0.39 is 12.1 Å². The maximum absolute atomic E-state index is 10.5. The highest BCUT2D eigenvalue weighted by Gasteiger charge is 2.13. The second kappa shape index (κ2) is 4.34. The number of aliphatic carboxylic acids is 1. The molecule has 1 atom stereocenters. The van der Waals surface area contributed by atoms with E-state index in [-0.39, 0.29) is 0 Å². The molecule has 0 aliphatic rings. The van der Waals surface area contributed by atoms with Gasteiger partial charge in [0.15, 0.2) is 11.9 Å². The summed E-state index contributed by atoms with van der Waals surface area (Å²) in [4.78, 5) is 10.5. The normalized spacial score (nSPS) is 11.6. The van der Waals surface area contributed by atoms with Crippen molar-refractivity contribution in [1.82, 2.24) is 0 Å². The quantitative estimate of drug-likeness (QED) is 0.902. The van der Waals surface area contributed by atoms with E-state index in [0.29, 0.717) is 5.75 Å². The first-order valence-corrected chi connectivity index (χ1v) is 4.79. The number of aryl methyl sites for hydroxylation is 1. The van der Waals surface area contributed by atoms with Crippen molar-refractivity contribution in [2.45, 2.75) is 20.0 Å². The van der Waals surface area contributed by atoms with Crippen LogP contribution in [0, 0.1) is 19.1 Å². The van der Waals surface area contributed by atoms with Gasteiger partial charge in [0.05, 0.1) is 4.47 Å². The molecule has 1 N–H and O–H groups in total. The largest absolute Gasteiger partial charge is 0.479 e. The van der Waals surface area contributed by atoms with E-state index in [1.807, 2.05) is 6.92 Å². The summed E-state index contributed by atoms with van der Waals surface area (Å²) < 4.78 is 5.92. The molecule has 0 radical (unpaired) electrons. The van der Waals surface area contributed by atoms with Crippen LogP contribution in [-0.2, 0) is 4.79 Å². The summed E-state index contributed by atoms with van der Waals surface area (Å²) >= 11 is 3.23. The van der Waals surface area contributed by atoms with Crippen LogP contribution in [0.2, 0.25) is 0 Å². The minimum Gasteiger partial charge on any atom is -0.479 e. The Morgan fingerprint density at radius 2 is 2.29 bits per heavy atom. The highest BCUT2D eigenvalue weighted by molar-refractivity contribution is 9.10. The molecule has 0 spiro atoms. The molecule has 0 fully saturated rings. The Labute approximate surface area is 90.8 Å². The summed E-state index contributed by atoms with van der Waals surface area (Å²) in [6.07, 6.45) is -0.875. The van der Waals surface area contributed by atoms with Crippen molar-refractivity contribution in [3.63, 3.8) is 0 Å². The number of ether oxygens (including phenoxy) is 1. The first-order valence-electron chi connectivity index (χ1n) is 4.00. The fourth-order valence-electron chi connectivity index (χ4n) is 0.856. The smallest absolute Gasteiger partial charge is 0.344 e. The topological polar surface area (TPSA) is 46.5 Å². The molecular formula is C10H9BrO3. The third-order valence-corrected chi connectivity index (χ3v) is 2.07. The number of hydrogen-bond acceptors (Lipinski definition) is 2. The van der Waals surface area contributed by atoms with Gasteiger partial charge in [-0.2, -0.15) is 0 Å². The van der Waals surface area contributed by atoms with Crippen LogP contribution in [0.1, 0.15) is 12.5 Å². The van der Waals surface area contributed by atoms with Crippen molar-refractivity contribution in [3.8, 4) is 5.75 Å². The molecule has 14 heavy (non-hydrogen) atoms. The minimum absolute atomic E-state index is 0.420. The Morgan fingerprint density at radius 3 is 2.79 bits per heavy atom. The zero-order chi connectivity index (χ0) is 10.7. The first-order chi connectivity index (χ1) is 6.50. The molecular weight excluding hydrogens is 248 g/mol. The lowest BCUT2D eigenvalue weighted by Crippen LogP contribution is -2.23. The maximum atomic E-state index is 10.5. The van der Waals surface area contributed by atoms with Gasteiger partial charge >= 0.3 is 5.97 Å². The van der Waals surface area contributed by atoms with Gasteiger partial charge in [0.1, 0.15) is 0 Å². The second-order valence-electron chi connectivity index (χ2n) is 2.85. The number of hydrogen-bond donors (Lipinski definition) is 1. The third-order valence-electron chi connectivity index (χ3n) is 1.64. The monoisotopic (exact) mass is 256 g/mol. The molecule has 1 aromatic rings. The molecule has 74 valence electrons. The van der Waals surface area contributed by atoms with Crippen molar-refractivity contribution in [3.05, 3.63) is 28.2 Å². The molecule has 0 amide bonds. The highest BCUT2D eigenvalue weighted by atomic mass is 79.9. The van der Waals surface area contributed by atoms with Gasteiger partial charge in [-0.1, -0.05) is 6.07 Å². The predicted octanol–water partition coefficient (Wildman–Crippen LogP) is 2.21. The van der Waals surface area contributed by atoms with Crippen LogP contribution in [-0.4, -0.2) is 17.2 Å². The Morgan fingerprint density at radius 1 is 1.64 bits per heavy atom. The summed E-state index contributed by atoms with van der Waals surface area (Å²) in [7, 11) is 0. The van der Waals surface area contributed by atoms with E-state index in [4.69, 9.17) is 9.84 Å². The van der Waals surface area contributed by atoms with Crippen molar-refractivity contribution in [2.24, 2.45) is 0 Å². The number of carbonyl (C=O) groups is 1. The van der Waals surface area contributed by atoms with Gasteiger partial charge in [-0.05, 0) is 41.9 Å². The van der Waals surface area contributed by atoms with Crippen LogP contribution in [0.3, 0.4) is 0 Å². The van der Waals surface area contributed by atoms with Crippen LogP contribution in [0.5, 0.6) is 5.75 Å². The Kier molecular flexibility index (Phi) is 3.37. The number of carboxylic acid groups (broad SMARTS) is 1. The van der Waals surface area contributed by atoms with Crippen molar-refractivity contribution in [2.75, 3.05) is 0 Å². The second-order valence-corrected chi connectivity index (χ2v) is 3.71. The van der Waals surface area contributed by atoms with E-state index in [9.17, 15) is 4.79 Å². The zero-order valence-corrected chi connectivity index (χ0v) is 9.38. The molecule has 0 unspecified atom stereocenters. The summed E-state index contributed by atoms with van der Waals surface area (Å²) in [5.41, 5.74) is 0.823. The molecule has 0 saturated carbocycles. The van der Waals surface area contributed by atoms with Crippen LogP contribution < -0.4 is 4.74 Å². The predicted molar refractivity (Wildman–Crippen MR) is 54.3 cm³/mol. The molecule has 1 aromatic carbocycles. The molecule has 0 aromatic heterocycles. The minimum atomic E-state index is -0.999. The molecule has 0 aliphatic heterocycles. The van der Waals surface area contributed by atoms with Crippen molar-refractivity contribution >= 4 is 21.9 Å². The average Bonchev–Trinajstić information content (AvgIpc) is 2.09. The summed E-state index contributed by atoms with van der Waals surface area (Å²) in [6, 6.07) is 7.28. The Balaban J connectivity index is 2.82. The lowest BCUT2D eigenvalue weighted by Gasteiger charge is -2.09. The maximum Gasteiger partial charge on any atom is 0.344 e. The zero-order valence-electron chi connectivity index (χ0n) is 7.80. The van der Waals surface area contributed by atoms with Gasteiger partial charge in [0, 0.05) is 5.56 Å². The first kappa shape index (κ1) is 10.9. The summed E-state index contributed by atoms with van der Waals surface area (Å²) in [5, 5.41) is 8.63. The lowest BCUT2D eigenvalue weighted by atomic mass is 10.2. The van der Waals surface area contributed by atoms with Gasteiger partial charge in [-0.25, -0.2) is 4.79 Å². The van der Waals surface area contributed by atoms with Gasteiger partial charge in [0.2, 0.25) is 0 Å². The molecule has 4 heteroatoms. The fraction of sp³-hybridized carbons (Fsp3) is 0.300. The molecule has 0 saturated heterocycles. The highest BCUT2D eigenvalue weighted by Crippen LogP contribution is 2.19. The van der Waals surface area contributed by atoms with Crippen LogP contribution >= 0.6 is 15.9 Å².